The number of pyridine rings is 2. The number of carboxylic acid groups (broad SMARTS) is 1. The third kappa shape index (κ3) is 9.91. The lowest BCUT2D eigenvalue weighted by molar-refractivity contribution is 0.0691. The van der Waals surface area contributed by atoms with Crippen molar-refractivity contribution in [1.29, 1.82) is 0 Å². The van der Waals surface area contributed by atoms with Gasteiger partial charge in [0, 0.05) is 37.3 Å². The number of nitrogen functional groups attached to an aromatic ring is 1. The van der Waals surface area contributed by atoms with Crippen LogP contribution < -0.4 is 11.1 Å². The van der Waals surface area contributed by atoms with Crippen LogP contribution in [0, 0.1) is 11.6 Å². The molecule has 4 N–H and O–H groups in total. The van der Waals surface area contributed by atoms with Crippen LogP contribution in [-0.2, 0) is 33.1 Å². The monoisotopic (exact) mass is 934 g/mol. The summed E-state index contributed by atoms with van der Waals surface area (Å²) in [7, 11) is -7.50. The van der Waals surface area contributed by atoms with E-state index in [1.165, 1.54) is 8.61 Å². The fourth-order valence-electron chi connectivity index (χ4n) is 6.93. The molecule has 2 aromatic carbocycles. The zero-order valence-corrected chi connectivity index (χ0v) is 38.3. The van der Waals surface area contributed by atoms with E-state index in [9.17, 15) is 35.2 Å². The van der Waals surface area contributed by atoms with Crippen molar-refractivity contribution in [3.05, 3.63) is 107 Å². The minimum atomic E-state index is -3.79. The molecule has 0 atom stereocenters. The first-order valence-corrected chi connectivity index (χ1v) is 23.1. The van der Waals surface area contributed by atoms with Crippen molar-refractivity contribution in [1.82, 2.24) is 48.1 Å². The topological polar surface area (TPSA) is 254 Å². The quantitative estimate of drug-likeness (QED) is 0.147. The number of rotatable bonds is 9. The highest BCUT2D eigenvalue weighted by Gasteiger charge is 2.39. The molecule has 4 aromatic heterocycles. The molecule has 8 rings (SSSR count). The van der Waals surface area contributed by atoms with Crippen molar-refractivity contribution < 1.29 is 40.3 Å². The van der Waals surface area contributed by atoms with Gasteiger partial charge >= 0.3 is 5.97 Å². The van der Waals surface area contributed by atoms with Crippen molar-refractivity contribution >= 4 is 43.6 Å². The number of carbonyl (C=O) groups is 2. The van der Waals surface area contributed by atoms with Crippen LogP contribution in [0.2, 0.25) is 0 Å². The van der Waals surface area contributed by atoms with E-state index in [4.69, 9.17) is 10.8 Å². The van der Waals surface area contributed by atoms with Crippen molar-refractivity contribution in [2.24, 2.45) is 0 Å². The Morgan fingerprint density at radius 2 is 1.11 bits per heavy atom. The maximum atomic E-state index is 14.7. The first kappa shape index (κ1) is 47.9. The summed E-state index contributed by atoms with van der Waals surface area (Å²) in [6.45, 7) is 15.1. The maximum absolute atomic E-state index is 14.7. The number of hydrogen-bond acceptors (Lipinski definition) is 13. The van der Waals surface area contributed by atoms with Crippen LogP contribution >= 0.6 is 0 Å². The summed E-state index contributed by atoms with van der Waals surface area (Å²) in [5, 5.41) is 27.3. The van der Waals surface area contributed by atoms with Gasteiger partial charge in [0.1, 0.15) is 47.3 Å². The molecule has 0 fully saturated rings. The zero-order valence-electron chi connectivity index (χ0n) is 36.7. The summed E-state index contributed by atoms with van der Waals surface area (Å²) in [5.74, 6) is -2.04. The highest BCUT2D eigenvalue weighted by molar-refractivity contribution is 7.89. The first-order valence-electron chi connectivity index (χ1n) is 20.2. The number of aromatic carboxylic acids is 1. The molecular weight excluding hydrogens is 887 g/mol. The molecule has 6 aromatic rings. The van der Waals surface area contributed by atoms with Crippen LogP contribution in [0.3, 0.4) is 0 Å². The van der Waals surface area contributed by atoms with Crippen LogP contribution in [0.15, 0.2) is 83.1 Å². The normalized spacial score (nSPS) is 15.0. The number of sulfonamides is 2. The van der Waals surface area contributed by atoms with Gasteiger partial charge in [-0.1, -0.05) is 12.1 Å². The van der Waals surface area contributed by atoms with Gasteiger partial charge in [-0.05, 0) is 115 Å². The maximum Gasteiger partial charge on any atom is 0.338 e. The molecule has 0 saturated carbocycles. The Kier molecular flexibility index (Phi) is 13.9. The van der Waals surface area contributed by atoms with Crippen LogP contribution in [-0.4, -0.2) is 94.0 Å². The largest absolute Gasteiger partial charge is 0.478 e. The molecule has 0 bridgehead atoms. The molecule has 65 heavy (non-hydrogen) atoms. The minimum Gasteiger partial charge on any atom is -0.478 e. The van der Waals surface area contributed by atoms with E-state index in [0.717, 1.165) is 35.8 Å². The molecule has 2 aliphatic heterocycles. The van der Waals surface area contributed by atoms with Gasteiger partial charge in [0.05, 0.1) is 20.9 Å². The number of nitrogens with zero attached hydrogens (tertiary/aromatic N) is 10. The van der Waals surface area contributed by atoms with Gasteiger partial charge in [0.15, 0.2) is 11.6 Å². The summed E-state index contributed by atoms with van der Waals surface area (Å²) in [5.41, 5.74) is 6.50. The molecule has 0 unspecified atom stereocenters. The van der Waals surface area contributed by atoms with E-state index in [1.54, 1.807) is 64.6 Å². The van der Waals surface area contributed by atoms with E-state index in [-0.39, 0.29) is 52.4 Å². The lowest BCUT2D eigenvalue weighted by atomic mass is 10.1. The van der Waals surface area contributed by atoms with Crippen LogP contribution in [0.1, 0.15) is 99.3 Å². The van der Waals surface area contributed by atoms with Gasteiger partial charge in [-0.25, -0.2) is 40.4 Å². The Morgan fingerprint density at radius 1 is 0.662 bits per heavy atom. The Bertz CT molecular complexity index is 2990. The smallest absolute Gasteiger partial charge is 0.338 e. The van der Waals surface area contributed by atoms with Crippen molar-refractivity contribution in [3.8, 4) is 23.0 Å². The average molecular weight is 935 g/mol. The molecule has 6 heterocycles. The first-order chi connectivity index (χ1) is 30.5. The van der Waals surface area contributed by atoms with E-state index < -0.39 is 49.1 Å². The Hall–Kier alpha value is -6.56. The summed E-state index contributed by atoms with van der Waals surface area (Å²) in [6, 6.07) is 14.4. The summed E-state index contributed by atoms with van der Waals surface area (Å²) in [4.78, 5) is 32.0. The Morgan fingerprint density at radius 3 is 1.55 bits per heavy atom. The van der Waals surface area contributed by atoms with Crippen LogP contribution in [0.25, 0.3) is 23.0 Å². The standard InChI is InChI=1S/C21H23FN6O3S.C11H12FNO4S.C10H13N5/c1-12(2)27-11-23-26-20(27)17-6-5-7-19(24-17)25-21(29)15-9-18-14(8-16(15)22)10-28(13(3)4)32(18,30)31;1-6(2)13-5-7-3-9(12)8(11(14)15)4-10(7)18(13,16)17;1-7(2)15-6-12-14-10(15)8-4-3-5-9(11)13-8/h5-9,11-13H,10H2,1-4H3,(H,24,25,29);3-4,6H,5H2,1-2H3,(H,14,15);3-7H,1-2H3,(H2,11,13). The number of hydrogen-bond donors (Lipinski definition) is 3. The predicted molar refractivity (Wildman–Crippen MR) is 235 cm³/mol. The second-order valence-electron chi connectivity index (χ2n) is 16.1. The van der Waals surface area contributed by atoms with Gasteiger partial charge in [-0.15, -0.1) is 20.4 Å². The molecule has 1 amide bonds. The third-order valence-electron chi connectivity index (χ3n) is 10.2. The zero-order chi connectivity index (χ0) is 47.7. The average Bonchev–Trinajstić information content (AvgIpc) is 4.02. The fraction of sp³-hybridized carbons (Fsp3) is 0.333. The minimum absolute atomic E-state index is 0.0514. The van der Waals surface area contributed by atoms with Crippen molar-refractivity contribution in [3.63, 3.8) is 0 Å². The lowest BCUT2D eigenvalue weighted by Gasteiger charge is -2.18. The molecule has 0 aliphatic carbocycles. The van der Waals surface area contributed by atoms with E-state index in [0.29, 0.717) is 34.5 Å². The van der Waals surface area contributed by atoms with Gasteiger partial charge in [-0.2, -0.15) is 8.61 Å². The number of nitrogens with two attached hydrogens (primary N) is 1. The number of nitrogens with one attached hydrogen (secondary N) is 1. The summed E-state index contributed by atoms with van der Waals surface area (Å²) in [6.07, 6.45) is 3.29. The second kappa shape index (κ2) is 18.9. The number of carbonyl (C=O) groups excluding carboxylic acids is 1. The Labute approximate surface area is 374 Å². The number of carboxylic acids is 1. The van der Waals surface area contributed by atoms with E-state index in [2.05, 4.69) is 49.5 Å². The van der Waals surface area contributed by atoms with Gasteiger partial charge in [-0.3, -0.25) is 4.79 Å². The fourth-order valence-corrected chi connectivity index (χ4v) is 10.6. The second-order valence-corrected chi connectivity index (χ2v) is 19.8. The SMILES string of the molecule is CC(C)N1Cc2cc(F)c(C(=O)Nc3cccc(-c4nncn4C(C)C)n3)cc2S1(=O)=O.CC(C)N1Cc2cc(F)c(C(=O)O)cc2S1(=O)=O.CC(C)n1cnnc1-c1cccc(N)n1. The van der Waals surface area contributed by atoms with Crippen LogP contribution in [0.5, 0.6) is 0 Å². The predicted octanol–water partition coefficient (Wildman–Crippen LogP) is 6.16. The number of anilines is 2. The summed E-state index contributed by atoms with van der Waals surface area (Å²) < 4.78 is 84.3. The molecule has 0 saturated heterocycles. The molecule has 0 spiro atoms. The highest BCUT2D eigenvalue weighted by atomic mass is 32.2. The molecule has 23 heteroatoms. The number of fused-ring (bicyclic) bond motifs is 2. The molecule has 344 valence electrons. The van der Waals surface area contributed by atoms with Gasteiger partial charge < -0.3 is 25.3 Å². The van der Waals surface area contributed by atoms with E-state index >= 15 is 0 Å². The van der Waals surface area contributed by atoms with Crippen molar-refractivity contribution in [2.75, 3.05) is 11.1 Å². The number of halogens is 2. The number of aromatic nitrogens is 8. The van der Waals surface area contributed by atoms with Gasteiger partial charge in [0.25, 0.3) is 5.91 Å². The van der Waals surface area contributed by atoms with E-state index in [1.807, 2.05) is 35.1 Å². The lowest BCUT2D eigenvalue weighted by Crippen LogP contribution is -2.31. The molecule has 0 radical (unpaired) electrons. The molecular formula is C42H48F2N12O7S2. The molecule has 2 aliphatic rings. The van der Waals surface area contributed by atoms with Gasteiger partial charge in [0.2, 0.25) is 20.0 Å². The number of benzene rings is 2. The highest BCUT2D eigenvalue weighted by Crippen LogP contribution is 2.35. The van der Waals surface area contributed by atoms with Crippen LogP contribution in [0.4, 0.5) is 20.4 Å². The summed E-state index contributed by atoms with van der Waals surface area (Å²) >= 11 is 0. The Balaban J connectivity index is 0.000000178. The third-order valence-corrected chi connectivity index (χ3v) is 14.4. The van der Waals surface area contributed by atoms with Crippen molar-refractivity contribution in [2.45, 2.75) is 102 Å². The number of amides is 1. The molecule has 19 nitrogen and oxygen atoms in total.